The molecule has 0 aromatic carbocycles. The van der Waals surface area contributed by atoms with Crippen LogP contribution in [0.5, 0.6) is 0 Å². The summed E-state index contributed by atoms with van der Waals surface area (Å²) in [6.07, 6.45) is -0.604. The molecule has 4 N–H and O–H groups in total. The first-order valence-electron chi connectivity index (χ1n) is 7.43. The van der Waals surface area contributed by atoms with Crippen molar-refractivity contribution in [3.8, 4) is 0 Å². The van der Waals surface area contributed by atoms with Crippen molar-refractivity contribution >= 4 is 45.9 Å². The van der Waals surface area contributed by atoms with E-state index >= 15 is 0 Å². The molecule has 3 rings (SSSR count). The first-order valence-corrected chi connectivity index (χ1v) is 8.31. The molecular formula is C13H12N5NaO8S. The molecule has 0 aliphatic carbocycles. The third-order valence-electron chi connectivity index (χ3n) is 3.85. The van der Waals surface area contributed by atoms with Crippen molar-refractivity contribution in [2.75, 3.05) is 12.3 Å². The number of aliphatic carboxylic acids is 1. The number of cyclic esters (lactones) is 1. The van der Waals surface area contributed by atoms with Crippen molar-refractivity contribution in [3.63, 3.8) is 0 Å². The number of carbonyl (C=O) groups excluding carboxylic acids is 4. The van der Waals surface area contributed by atoms with Crippen molar-refractivity contribution in [1.29, 1.82) is 0 Å². The first kappa shape index (κ1) is 22.0. The van der Waals surface area contributed by atoms with E-state index in [2.05, 4.69) is 15.5 Å². The number of ether oxygens (including phenoxy) is 1. The SMILES string of the molecule is Nc1nc(/C(=N/O)C(=O)N[C@H]2CON(C3(C(=O)[O-])CCC(=O)O3)C2=O)cs1.[Na+]. The van der Waals surface area contributed by atoms with Crippen molar-refractivity contribution in [3.05, 3.63) is 11.1 Å². The molecule has 3 heterocycles. The topological polar surface area (TPSA) is 197 Å². The van der Waals surface area contributed by atoms with Crippen LogP contribution >= 0.6 is 11.3 Å². The van der Waals surface area contributed by atoms with E-state index in [0.29, 0.717) is 5.06 Å². The summed E-state index contributed by atoms with van der Waals surface area (Å²) in [5, 5.41) is 27.4. The average molecular weight is 421 g/mol. The minimum atomic E-state index is -2.40. The molecule has 2 saturated heterocycles. The van der Waals surface area contributed by atoms with Crippen LogP contribution in [0, 0.1) is 0 Å². The Morgan fingerprint density at radius 2 is 2.21 bits per heavy atom. The number of thiazole rings is 1. The second-order valence-corrected chi connectivity index (χ2v) is 6.41. The fraction of sp³-hybridized carbons (Fsp3) is 0.385. The zero-order valence-electron chi connectivity index (χ0n) is 14.4. The van der Waals surface area contributed by atoms with Gasteiger partial charge in [0.25, 0.3) is 17.5 Å². The van der Waals surface area contributed by atoms with Crippen LogP contribution in [0.1, 0.15) is 18.5 Å². The zero-order chi connectivity index (χ0) is 19.8. The molecule has 2 amide bonds. The summed E-state index contributed by atoms with van der Waals surface area (Å²) in [5.74, 6) is -4.61. The number of anilines is 1. The molecule has 15 heteroatoms. The number of hydroxylamine groups is 2. The van der Waals surface area contributed by atoms with Gasteiger partial charge in [0, 0.05) is 11.8 Å². The van der Waals surface area contributed by atoms with Crippen molar-refractivity contribution in [1.82, 2.24) is 15.4 Å². The van der Waals surface area contributed by atoms with Gasteiger partial charge in [0.1, 0.15) is 24.3 Å². The number of rotatable bonds is 5. The van der Waals surface area contributed by atoms with Gasteiger partial charge in [-0.3, -0.25) is 19.2 Å². The number of hydrogen-bond acceptors (Lipinski definition) is 12. The van der Waals surface area contributed by atoms with E-state index in [4.69, 9.17) is 20.5 Å². The van der Waals surface area contributed by atoms with Gasteiger partial charge in [-0.25, -0.2) is 4.98 Å². The number of carboxylic acids is 1. The first-order chi connectivity index (χ1) is 12.8. The molecule has 0 radical (unpaired) electrons. The third kappa shape index (κ3) is 3.81. The quantitative estimate of drug-likeness (QED) is 0.135. The molecule has 1 unspecified atom stereocenters. The molecule has 0 saturated carbocycles. The number of aromatic nitrogens is 1. The number of esters is 1. The largest absolute Gasteiger partial charge is 1.00 e. The van der Waals surface area contributed by atoms with Crippen LogP contribution in [-0.2, 0) is 28.8 Å². The van der Waals surface area contributed by atoms with Gasteiger partial charge >= 0.3 is 35.5 Å². The van der Waals surface area contributed by atoms with Crippen molar-refractivity contribution < 1.29 is 68.6 Å². The van der Waals surface area contributed by atoms with Gasteiger partial charge in [0.15, 0.2) is 10.8 Å². The number of nitrogens with one attached hydrogen (secondary N) is 1. The summed E-state index contributed by atoms with van der Waals surface area (Å²) >= 11 is 1.00. The van der Waals surface area contributed by atoms with Gasteiger partial charge in [0.2, 0.25) is 0 Å². The molecule has 1 aromatic heterocycles. The smallest absolute Gasteiger partial charge is 0.544 e. The summed E-state index contributed by atoms with van der Waals surface area (Å²) in [4.78, 5) is 56.3. The summed E-state index contributed by atoms with van der Waals surface area (Å²) in [6, 6.07) is -1.32. The number of nitrogen functional groups attached to an aromatic ring is 1. The molecule has 2 atom stereocenters. The summed E-state index contributed by atoms with van der Waals surface area (Å²) in [7, 11) is 0. The van der Waals surface area contributed by atoms with Crippen LogP contribution in [-0.4, -0.2) is 63.1 Å². The molecule has 0 spiro atoms. The van der Waals surface area contributed by atoms with Crippen LogP contribution in [0.3, 0.4) is 0 Å². The van der Waals surface area contributed by atoms with Gasteiger partial charge < -0.3 is 30.9 Å². The number of amides is 2. The van der Waals surface area contributed by atoms with E-state index in [0.717, 1.165) is 11.3 Å². The number of carbonyl (C=O) groups is 4. The minimum absolute atomic E-state index is 0. The molecule has 144 valence electrons. The molecule has 2 fully saturated rings. The Kier molecular flexibility index (Phi) is 6.61. The van der Waals surface area contributed by atoms with Gasteiger partial charge in [-0.15, -0.1) is 11.3 Å². The van der Waals surface area contributed by atoms with E-state index in [1.807, 2.05) is 0 Å². The van der Waals surface area contributed by atoms with Gasteiger partial charge in [-0.2, -0.15) is 5.06 Å². The number of nitrogens with two attached hydrogens (primary N) is 1. The van der Waals surface area contributed by atoms with Crippen molar-refractivity contribution in [2.24, 2.45) is 5.16 Å². The van der Waals surface area contributed by atoms with E-state index in [9.17, 15) is 24.3 Å². The standard InChI is InChI=1S/C13H13N5O8S.Na/c14-12-16-6(4-27-12)8(17-24)9(20)15-5-3-25-18(10(5)21)13(11(22)23)2-1-7(19)26-13;/h4-5,24H,1-3H2,(H2,14,16)(H,15,20)(H,22,23);/q;+1/p-1/b17-8-;/t5-,13?;/m0./s1. The zero-order valence-corrected chi connectivity index (χ0v) is 17.2. The van der Waals surface area contributed by atoms with Crippen LogP contribution in [0.2, 0.25) is 0 Å². The minimum Gasteiger partial charge on any atom is -0.544 e. The Hall–Kier alpha value is -2.26. The third-order valence-corrected chi connectivity index (χ3v) is 4.53. The molecule has 2 aliphatic rings. The second kappa shape index (κ2) is 8.40. The van der Waals surface area contributed by atoms with Crippen LogP contribution in [0.4, 0.5) is 5.13 Å². The maximum absolute atomic E-state index is 12.5. The monoisotopic (exact) mass is 421 g/mol. The summed E-state index contributed by atoms with van der Waals surface area (Å²) in [5.41, 5.74) is 2.54. The van der Waals surface area contributed by atoms with Crippen LogP contribution in [0.25, 0.3) is 0 Å². The van der Waals surface area contributed by atoms with E-state index in [-0.39, 0.29) is 53.2 Å². The molecule has 28 heavy (non-hydrogen) atoms. The maximum Gasteiger partial charge on any atom is 1.00 e. The Morgan fingerprint density at radius 3 is 2.71 bits per heavy atom. The number of carboxylic acid groups (broad SMARTS) is 1. The average Bonchev–Trinajstić information content (AvgIpc) is 3.30. The predicted octanol–water partition coefficient (Wildman–Crippen LogP) is -6.05. The Bertz CT molecular complexity index is 860. The van der Waals surface area contributed by atoms with Crippen LogP contribution < -0.4 is 45.7 Å². The van der Waals surface area contributed by atoms with Crippen LogP contribution in [0.15, 0.2) is 10.5 Å². The van der Waals surface area contributed by atoms with Gasteiger partial charge in [-0.05, 0) is 0 Å². The Labute approximate surface area is 182 Å². The fourth-order valence-corrected chi connectivity index (χ4v) is 3.13. The second-order valence-electron chi connectivity index (χ2n) is 5.52. The molecule has 13 nitrogen and oxygen atoms in total. The van der Waals surface area contributed by atoms with Gasteiger partial charge in [-0.1, -0.05) is 5.16 Å². The number of oxime groups is 1. The normalized spacial score (nSPS) is 24.6. The van der Waals surface area contributed by atoms with Gasteiger partial charge in [0.05, 0.1) is 6.42 Å². The van der Waals surface area contributed by atoms with Crippen molar-refractivity contribution in [2.45, 2.75) is 24.6 Å². The number of hydrogen-bond donors (Lipinski definition) is 3. The molecular weight excluding hydrogens is 409 g/mol. The number of nitrogens with zero attached hydrogens (tertiary/aromatic N) is 3. The maximum atomic E-state index is 12.5. The summed E-state index contributed by atoms with van der Waals surface area (Å²) < 4.78 is 4.74. The molecule has 2 aliphatic heterocycles. The molecule has 0 bridgehead atoms. The van der Waals surface area contributed by atoms with E-state index < -0.39 is 47.8 Å². The predicted molar refractivity (Wildman–Crippen MR) is 82.6 cm³/mol. The Balaban J connectivity index is 0.00000280. The van der Waals surface area contributed by atoms with E-state index in [1.54, 1.807) is 0 Å². The van der Waals surface area contributed by atoms with E-state index in [1.165, 1.54) is 5.38 Å². The fourth-order valence-electron chi connectivity index (χ4n) is 2.58. The summed E-state index contributed by atoms with van der Waals surface area (Å²) in [6.45, 7) is -0.435. The Morgan fingerprint density at radius 1 is 1.50 bits per heavy atom. The molecule has 1 aromatic rings.